The molecule has 19 heavy (non-hydrogen) atoms. The Morgan fingerprint density at radius 3 is 2.74 bits per heavy atom. The van der Waals surface area contributed by atoms with Gasteiger partial charge in [0.05, 0.1) is 17.6 Å². The summed E-state index contributed by atoms with van der Waals surface area (Å²) in [6.45, 7) is 4.44. The quantitative estimate of drug-likeness (QED) is 0.823. The zero-order valence-corrected chi connectivity index (χ0v) is 11.4. The molecule has 100 valence electrons. The number of carbonyl (C=O) groups is 1. The molecule has 0 unspecified atom stereocenters. The molecule has 0 bridgehead atoms. The summed E-state index contributed by atoms with van der Waals surface area (Å²) >= 11 is 1.14. The van der Waals surface area contributed by atoms with Crippen LogP contribution in [0, 0.1) is 6.92 Å². The molecule has 2 aromatic heterocycles. The molecule has 0 spiro atoms. The van der Waals surface area contributed by atoms with Crippen LogP contribution in [-0.4, -0.2) is 41.6 Å². The molecule has 0 saturated carbocycles. The molecule has 7 nitrogen and oxygen atoms in total. The molecule has 1 N–H and O–H groups in total. The summed E-state index contributed by atoms with van der Waals surface area (Å²) in [5.41, 5.74) is 1.45. The van der Waals surface area contributed by atoms with Crippen molar-refractivity contribution in [1.29, 1.82) is 0 Å². The molecular weight excluding hydrogens is 266 g/mol. The summed E-state index contributed by atoms with van der Waals surface area (Å²) in [5.74, 6) is -0.326. The van der Waals surface area contributed by atoms with E-state index in [-0.39, 0.29) is 5.75 Å². The van der Waals surface area contributed by atoms with Crippen molar-refractivity contribution in [3.05, 3.63) is 18.1 Å². The van der Waals surface area contributed by atoms with E-state index in [1.54, 1.807) is 12.4 Å². The van der Waals surface area contributed by atoms with Crippen LogP contribution in [0.1, 0.15) is 12.6 Å². The minimum absolute atomic E-state index is 0.0439. The number of carboxylic acid groups (broad SMARTS) is 1. The van der Waals surface area contributed by atoms with Crippen LogP contribution in [0.25, 0.3) is 11.5 Å². The van der Waals surface area contributed by atoms with Gasteiger partial charge in [-0.2, -0.15) is 0 Å². The molecular formula is C11H13N5O2S. The van der Waals surface area contributed by atoms with Gasteiger partial charge in [-0.3, -0.25) is 9.78 Å². The van der Waals surface area contributed by atoms with Gasteiger partial charge >= 0.3 is 5.97 Å². The van der Waals surface area contributed by atoms with Crippen LogP contribution < -0.4 is 0 Å². The second-order valence-electron chi connectivity index (χ2n) is 3.78. The van der Waals surface area contributed by atoms with Crippen molar-refractivity contribution >= 4 is 17.7 Å². The van der Waals surface area contributed by atoms with Crippen LogP contribution in [0.15, 0.2) is 17.6 Å². The second kappa shape index (κ2) is 5.79. The van der Waals surface area contributed by atoms with E-state index in [4.69, 9.17) is 5.11 Å². The van der Waals surface area contributed by atoms with Crippen molar-refractivity contribution < 1.29 is 9.90 Å². The molecule has 2 rings (SSSR count). The van der Waals surface area contributed by atoms with Crippen molar-refractivity contribution in [3.8, 4) is 11.5 Å². The summed E-state index contributed by atoms with van der Waals surface area (Å²) in [6.07, 6.45) is 3.30. The number of carboxylic acids is 1. The van der Waals surface area contributed by atoms with Crippen molar-refractivity contribution in [2.24, 2.45) is 0 Å². The number of nitrogens with zero attached hydrogens (tertiary/aromatic N) is 5. The van der Waals surface area contributed by atoms with E-state index in [2.05, 4.69) is 20.2 Å². The van der Waals surface area contributed by atoms with Crippen LogP contribution in [0.2, 0.25) is 0 Å². The zero-order valence-electron chi connectivity index (χ0n) is 10.6. The number of thioether (sulfide) groups is 1. The van der Waals surface area contributed by atoms with Crippen LogP contribution >= 0.6 is 11.8 Å². The monoisotopic (exact) mass is 279 g/mol. The molecule has 0 aromatic carbocycles. The lowest BCUT2D eigenvalue weighted by Crippen LogP contribution is -2.04. The average Bonchev–Trinajstić information content (AvgIpc) is 2.80. The van der Waals surface area contributed by atoms with Crippen LogP contribution in [0.3, 0.4) is 0 Å². The van der Waals surface area contributed by atoms with E-state index in [0.717, 1.165) is 17.5 Å². The highest BCUT2D eigenvalue weighted by atomic mass is 32.2. The Bertz CT molecular complexity index is 581. The molecule has 2 heterocycles. The summed E-state index contributed by atoms with van der Waals surface area (Å²) in [4.78, 5) is 19.0. The first-order chi connectivity index (χ1) is 9.11. The zero-order chi connectivity index (χ0) is 13.8. The molecule has 8 heteroatoms. The van der Waals surface area contributed by atoms with E-state index in [1.807, 2.05) is 18.4 Å². The van der Waals surface area contributed by atoms with Gasteiger partial charge in [0.1, 0.15) is 5.69 Å². The van der Waals surface area contributed by atoms with Gasteiger partial charge in [-0.25, -0.2) is 4.98 Å². The maximum Gasteiger partial charge on any atom is 0.313 e. The Hall–Kier alpha value is -1.96. The number of hydrogen-bond donors (Lipinski definition) is 1. The number of aryl methyl sites for hydroxylation is 1. The largest absolute Gasteiger partial charge is 0.481 e. The van der Waals surface area contributed by atoms with Crippen LogP contribution in [-0.2, 0) is 11.3 Å². The SMILES string of the molecule is CCn1c(SCC(=O)O)nnc1-c1cnc(C)cn1. The molecule has 0 radical (unpaired) electrons. The smallest absolute Gasteiger partial charge is 0.313 e. The first-order valence-corrected chi connectivity index (χ1v) is 6.67. The maximum atomic E-state index is 10.6. The Balaban J connectivity index is 2.31. The van der Waals surface area contributed by atoms with Gasteiger partial charge in [0.25, 0.3) is 0 Å². The van der Waals surface area contributed by atoms with Gasteiger partial charge in [-0.1, -0.05) is 11.8 Å². The predicted octanol–water partition coefficient (Wildman–Crippen LogP) is 1.24. The second-order valence-corrected chi connectivity index (χ2v) is 4.72. The van der Waals surface area contributed by atoms with Crippen LogP contribution in [0.4, 0.5) is 0 Å². The third-order valence-corrected chi connectivity index (χ3v) is 3.32. The normalized spacial score (nSPS) is 10.6. The highest BCUT2D eigenvalue weighted by Crippen LogP contribution is 2.22. The lowest BCUT2D eigenvalue weighted by molar-refractivity contribution is -0.133. The van der Waals surface area contributed by atoms with Gasteiger partial charge in [0.2, 0.25) is 0 Å². The van der Waals surface area contributed by atoms with E-state index in [1.165, 1.54) is 0 Å². The number of hydrogen-bond acceptors (Lipinski definition) is 6. The summed E-state index contributed by atoms with van der Waals surface area (Å²) in [7, 11) is 0. The topological polar surface area (TPSA) is 93.8 Å². The van der Waals surface area contributed by atoms with E-state index < -0.39 is 5.97 Å². The van der Waals surface area contributed by atoms with Gasteiger partial charge in [-0.15, -0.1) is 10.2 Å². The third kappa shape index (κ3) is 3.08. The Kier molecular flexibility index (Phi) is 4.10. The van der Waals surface area contributed by atoms with Gasteiger partial charge in [0, 0.05) is 12.7 Å². The number of aromatic nitrogens is 5. The maximum absolute atomic E-state index is 10.6. The molecule has 0 aliphatic rings. The highest BCUT2D eigenvalue weighted by molar-refractivity contribution is 7.99. The highest BCUT2D eigenvalue weighted by Gasteiger charge is 2.15. The van der Waals surface area contributed by atoms with E-state index in [0.29, 0.717) is 23.2 Å². The van der Waals surface area contributed by atoms with Crippen LogP contribution in [0.5, 0.6) is 0 Å². The fourth-order valence-electron chi connectivity index (χ4n) is 1.50. The van der Waals surface area contributed by atoms with Crippen molar-refractivity contribution in [2.75, 3.05) is 5.75 Å². The minimum atomic E-state index is -0.882. The summed E-state index contributed by atoms with van der Waals surface area (Å²) in [5, 5.41) is 17.3. The molecule has 0 aliphatic carbocycles. The van der Waals surface area contributed by atoms with E-state index >= 15 is 0 Å². The first kappa shape index (κ1) is 13.5. The fraction of sp³-hybridized carbons (Fsp3) is 0.364. The Morgan fingerprint density at radius 1 is 1.37 bits per heavy atom. The number of rotatable bonds is 5. The average molecular weight is 279 g/mol. The third-order valence-electron chi connectivity index (χ3n) is 2.37. The van der Waals surface area contributed by atoms with Gasteiger partial charge in [0.15, 0.2) is 11.0 Å². The molecule has 0 saturated heterocycles. The van der Waals surface area contributed by atoms with Gasteiger partial charge in [-0.05, 0) is 13.8 Å². The molecule has 0 amide bonds. The first-order valence-electron chi connectivity index (χ1n) is 5.68. The molecule has 0 aliphatic heterocycles. The minimum Gasteiger partial charge on any atom is -0.481 e. The molecule has 0 atom stereocenters. The molecule has 2 aromatic rings. The summed E-state index contributed by atoms with van der Waals surface area (Å²) in [6, 6.07) is 0. The molecule has 0 fully saturated rings. The van der Waals surface area contributed by atoms with Crippen molar-refractivity contribution in [3.63, 3.8) is 0 Å². The number of aliphatic carboxylic acids is 1. The standard InChI is InChI=1S/C11H13N5O2S/c1-3-16-10(8-5-12-7(2)4-13-8)14-15-11(16)19-6-9(17)18/h4-5H,3,6H2,1-2H3,(H,17,18). The Labute approximate surface area is 114 Å². The van der Waals surface area contributed by atoms with Crippen molar-refractivity contribution in [1.82, 2.24) is 24.7 Å². The van der Waals surface area contributed by atoms with E-state index in [9.17, 15) is 4.79 Å². The lowest BCUT2D eigenvalue weighted by atomic mass is 10.4. The Morgan fingerprint density at radius 2 is 2.16 bits per heavy atom. The fourth-order valence-corrected chi connectivity index (χ4v) is 2.23. The summed E-state index contributed by atoms with van der Waals surface area (Å²) < 4.78 is 1.83. The predicted molar refractivity (Wildman–Crippen MR) is 69.8 cm³/mol. The lowest BCUT2D eigenvalue weighted by Gasteiger charge is -2.05. The van der Waals surface area contributed by atoms with Crippen molar-refractivity contribution in [2.45, 2.75) is 25.5 Å². The van der Waals surface area contributed by atoms with Gasteiger partial charge < -0.3 is 9.67 Å².